The van der Waals surface area contributed by atoms with Gasteiger partial charge in [0.15, 0.2) is 0 Å². The first-order valence-corrected chi connectivity index (χ1v) is 6.60. The van der Waals surface area contributed by atoms with Gasteiger partial charge in [-0.25, -0.2) is 0 Å². The van der Waals surface area contributed by atoms with Gasteiger partial charge in [-0.1, -0.05) is 6.42 Å². The number of hydrogen-bond donors (Lipinski definition) is 1. The lowest BCUT2D eigenvalue weighted by Crippen LogP contribution is -2.42. The highest BCUT2D eigenvalue weighted by Gasteiger charge is 2.35. The fourth-order valence-corrected chi connectivity index (χ4v) is 2.94. The molecular weight excluding hydrogens is 214 g/mol. The van der Waals surface area contributed by atoms with Crippen molar-refractivity contribution >= 4 is 0 Å². The quantitative estimate of drug-likeness (QED) is 0.831. The zero-order chi connectivity index (χ0) is 11.7. The summed E-state index contributed by atoms with van der Waals surface area (Å²) in [5.41, 5.74) is 6.36. The lowest BCUT2D eigenvalue weighted by Gasteiger charge is -2.42. The molecule has 1 aliphatic heterocycles. The topological polar surface area (TPSA) is 60.0 Å². The van der Waals surface area contributed by atoms with Gasteiger partial charge in [0.05, 0.1) is 6.54 Å². The molecule has 94 valence electrons. The first kappa shape index (κ1) is 11.2. The maximum Gasteiger partial charge on any atom is 0.147 e. The van der Waals surface area contributed by atoms with Crippen LogP contribution in [0.3, 0.4) is 0 Å². The van der Waals surface area contributed by atoms with Crippen molar-refractivity contribution in [3.8, 4) is 0 Å². The largest absolute Gasteiger partial charge is 0.330 e. The fraction of sp³-hybridized carbons (Fsp3) is 0.833. The summed E-state index contributed by atoms with van der Waals surface area (Å²) in [6.07, 6.45) is 7.10. The van der Waals surface area contributed by atoms with E-state index in [0.29, 0.717) is 5.41 Å². The second-order valence-corrected chi connectivity index (χ2v) is 5.52. The Morgan fingerprint density at radius 2 is 2.24 bits per heavy atom. The predicted octanol–water partition coefficient (Wildman–Crippen LogP) is 0.613. The Hall–Kier alpha value is -0.940. The van der Waals surface area contributed by atoms with Gasteiger partial charge in [0.2, 0.25) is 0 Å². The highest BCUT2D eigenvalue weighted by Crippen LogP contribution is 2.43. The average Bonchev–Trinajstić information content (AvgIpc) is 2.75. The minimum absolute atomic E-state index is 0.463. The molecule has 1 saturated carbocycles. The first-order chi connectivity index (χ1) is 8.31. The van der Waals surface area contributed by atoms with Crippen LogP contribution in [0.2, 0.25) is 0 Å². The smallest absolute Gasteiger partial charge is 0.147 e. The number of hydrogen-bond acceptors (Lipinski definition) is 4. The maximum absolute atomic E-state index is 5.90. The van der Waals surface area contributed by atoms with Gasteiger partial charge in [0.25, 0.3) is 0 Å². The van der Waals surface area contributed by atoms with E-state index in [1.165, 1.54) is 25.7 Å². The van der Waals surface area contributed by atoms with Crippen molar-refractivity contribution in [1.82, 2.24) is 19.7 Å². The molecule has 5 nitrogen and oxygen atoms in total. The molecule has 1 fully saturated rings. The van der Waals surface area contributed by atoms with E-state index in [2.05, 4.69) is 19.7 Å². The van der Waals surface area contributed by atoms with E-state index in [0.717, 1.165) is 38.5 Å². The molecular formula is C12H21N5. The lowest BCUT2D eigenvalue weighted by atomic mass is 9.66. The van der Waals surface area contributed by atoms with E-state index < -0.39 is 0 Å². The number of fused-ring (bicyclic) bond motifs is 1. The Kier molecular flexibility index (Phi) is 2.88. The SMILES string of the molecule is NCC1(CCN2CCn3cnnc3C2)CCC1. The Labute approximate surface area is 102 Å². The molecule has 0 aromatic carbocycles. The summed E-state index contributed by atoms with van der Waals surface area (Å²) in [7, 11) is 0. The van der Waals surface area contributed by atoms with Crippen LogP contribution in [0.25, 0.3) is 0 Å². The fourth-order valence-electron chi connectivity index (χ4n) is 2.94. The minimum atomic E-state index is 0.463. The van der Waals surface area contributed by atoms with Crippen molar-refractivity contribution in [3.63, 3.8) is 0 Å². The van der Waals surface area contributed by atoms with E-state index in [-0.39, 0.29) is 0 Å². The van der Waals surface area contributed by atoms with E-state index in [1.54, 1.807) is 0 Å². The van der Waals surface area contributed by atoms with Crippen molar-refractivity contribution in [3.05, 3.63) is 12.2 Å². The monoisotopic (exact) mass is 235 g/mol. The summed E-state index contributed by atoms with van der Waals surface area (Å²) in [4.78, 5) is 2.49. The maximum atomic E-state index is 5.90. The Morgan fingerprint density at radius 3 is 2.94 bits per heavy atom. The Bertz CT molecular complexity index is 376. The van der Waals surface area contributed by atoms with Crippen LogP contribution < -0.4 is 5.73 Å². The highest BCUT2D eigenvalue weighted by molar-refractivity contribution is 4.92. The van der Waals surface area contributed by atoms with Crippen LogP contribution in [0.5, 0.6) is 0 Å². The molecule has 5 heteroatoms. The van der Waals surface area contributed by atoms with E-state index in [1.807, 2.05) is 6.33 Å². The molecule has 0 unspecified atom stereocenters. The molecule has 0 amide bonds. The summed E-state index contributed by atoms with van der Waals surface area (Å²) in [6.45, 7) is 5.10. The van der Waals surface area contributed by atoms with Gasteiger partial charge in [-0.15, -0.1) is 10.2 Å². The minimum Gasteiger partial charge on any atom is -0.330 e. The third kappa shape index (κ3) is 2.09. The van der Waals surface area contributed by atoms with Gasteiger partial charge in [0, 0.05) is 13.1 Å². The van der Waals surface area contributed by atoms with Gasteiger partial charge in [0.1, 0.15) is 12.2 Å². The lowest BCUT2D eigenvalue weighted by molar-refractivity contribution is 0.0968. The molecule has 3 rings (SSSR count). The molecule has 2 heterocycles. The third-order valence-corrected chi connectivity index (χ3v) is 4.52. The predicted molar refractivity (Wildman–Crippen MR) is 65.3 cm³/mol. The summed E-state index contributed by atoms with van der Waals surface area (Å²) in [5, 5.41) is 8.11. The number of nitrogens with zero attached hydrogens (tertiary/aromatic N) is 4. The van der Waals surface area contributed by atoms with Gasteiger partial charge >= 0.3 is 0 Å². The number of nitrogens with two attached hydrogens (primary N) is 1. The Morgan fingerprint density at radius 1 is 1.35 bits per heavy atom. The van der Waals surface area contributed by atoms with Crippen LogP contribution >= 0.6 is 0 Å². The molecule has 1 aliphatic carbocycles. The van der Waals surface area contributed by atoms with Gasteiger partial charge in [-0.2, -0.15) is 0 Å². The van der Waals surface area contributed by atoms with Crippen LogP contribution in [0.4, 0.5) is 0 Å². The summed E-state index contributed by atoms with van der Waals surface area (Å²) in [5.74, 6) is 1.10. The van der Waals surface area contributed by atoms with Crippen LogP contribution in [0.15, 0.2) is 6.33 Å². The van der Waals surface area contributed by atoms with Gasteiger partial charge in [-0.05, 0) is 37.8 Å². The second-order valence-electron chi connectivity index (χ2n) is 5.52. The molecule has 0 saturated heterocycles. The summed E-state index contributed by atoms with van der Waals surface area (Å²) in [6, 6.07) is 0. The highest BCUT2D eigenvalue weighted by atomic mass is 15.3. The van der Waals surface area contributed by atoms with Gasteiger partial charge in [-0.3, -0.25) is 4.90 Å². The normalized spacial score (nSPS) is 23.1. The van der Waals surface area contributed by atoms with Crippen molar-refractivity contribution in [2.75, 3.05) is 19.6 Å². The molecule has 0 bridgehead atoms. The molecule has 1 aromatic rings. The Balaban J connectivity index is 1.54. The van der Waals surface area contributed by atoms with Crippen molar-refractivity contribution in [1.29, 1.82) is 0 Å². The van der Waals surface area contributed by atoms with Gasteiger partial charge < -0.3 is 10.3 Å². The van der Waals surface area contributed by atoms with E-state index >= 15 is 0 Å². The zero-order valence-electron chi connectivity index (χ0n) is 10.3. The number of rotatable bonds is 4. The summed E-state index contributed by atoms with van der Waals surface area (Å²) >= 11 is 0. The molecule has 0 radical (unpaired) electrons. The van der Waals surface area contributed by atoms with E-state index in [9.17, 15) is 0 Å². The second kappa shape index (κ2) is 4.38. The standard InChI is InChI=1S/C12H21N5/c13-9-12(2-1-3-12)4-5-16-6-7-17-10-14-15-11(17)8-16/h10H,1-9,13H2. The van der Waals surface area contributed by atoms with Crippen molar-refractivity contribution in [2.45, 2.75) is 38.8 Å². The van der Waals surface area contributed by atoms with Crippen LogP contribution in [0, 0.1) is 5.41 Å². The van der Waals surface area contributed by atoms with Crippen LogP contribution in [0.1, 0.15) is 31.5 Å². The van der Waals surface area contributed by atoms with Crippen LogP contribution in [-0.2, 0) is 13.1 Å². The molecule has 2 N–H and O–H groups in total. The number of aromatic nitrogens is 3. The molecule has 0 atom stereocenters. The summed E-state index contributed by atoms with van der Waals surface area (Å²) < 4.78 is 2.15. The molecule has 0 spiro atoms. The third-order valence-electron chi connectivity index (χ3n) is 4.52. The molecule has 2 aliphatic rings. The van der Waals surface area contributed by atoms with Crippen LogP contribution in [-0.4, -0.2) is 39.3 Å². The van der Waals surface area contributed by atoms with Crippen molar-refractivity contribution in [2.24, 2.45) is 11.1 Å². The zero-order valence-corrected chi connectivity index (χ0v) is 10.3. The molecule has 1 aromatic heterocycles. The molecule has 17 heavy (non-hydrogen) atoms. The first-order valence-electron chi connectivity index (χ1n) is 6.60. The van der Waals surface area contributed by atoms with Crippen molar-refractivity contribution < 1.29 is 0 Å². The average molecular weight is 235 g/mol. The van der Waals surface area contributed by atoms with E-state index in [4.69, 9.17) is 5.73 Å².